The van der Waals surface area contributed by atoms with E-state index in [0.717, 1.165) is 18.0 Å². The summed E-state index contributed by atoms with van der Waals surface area (Å²) in [5.41, 5.74) is 0. The summed E-state index contributed by atoms with van der Waals surface area (Å²) in [6.07, 6.45) is 1.02. The van der Waals surface area contributed by atoms with Crippen molar-refractivity contribution in [1.29, 1.82) is 0 Å². The Morgan fingerprint density at radius 3 is 2.80 bits per heavy atom. The van der Waals surface area contributed by atoms with E-state index in [1.54, 1.807) is 11.3 Å². The predicted molar refractivity (Wildman–Crippen MR) is 82.1 cm³/mol. The Balaban J connectivity index is 1.74. The number of ether oxygens (including phenoxy) is 1. The van der Waals surface area contributed by atoms with Crippen molar-refractivity contribution in [3.8, 4) is 0 Å². The molecule has 20 heavy (non-hydrogen) atoms. The first-order valence-corrected chi connectivity index (χ1v) is 8.11. The first-order valence-electron chi connectivity index (χ1n) is 7.23. The summed E-state index contributed by atoms with van der Waals surface area (Å²) in [5, 5.41) is 5.03. The third-order valence-corrected chi connectivity index (χ3v) is 4.46. The topological polar surface area (TPSA) is 41.6 Å². The zero-order chi connectivity index (χ0) is 14.5. The molecular formula is C15H24N2O2S. The highest BCUT2D eigenvalue weighted by molar-refractivity contribution is 7.10. The summed E-state index contributed by atoms with van der Waals surface area (Å²) < 4.78 is 5.73. The van der Waals surface area contributed by atoms with Crippen LogP contribution in [-0.2, 0) is 16.0 Å². The number of morpholine rings is 1. The fourth-order valence-electron chi connectivity index (χ4n) is 2.60. The third-order valence-electron chi connectivity index (χ3n) is 3.58. The van der Waals surface area contributed by atoms with Gasteiger partial charge in [-0.15, -0.1) is 11.3 Å². The minimum atomic E-state index is 0.105. The molecule has 0 spiro atoms. The summed E-state index contributed by atoms with van der Waals surface area (Å²) in [6.45, 7) is 8.94. The molecule has 1 saturated heterocycles. The van der Waals surface area contributed by atoms with Gasteiger partial charge in [0.2, 0.25) is 5.91 Å². The first-order chi connectivity index (χ1) is 9.54. The molecule has 0 bridgehead atoms. The Labute approximate surface area is 125 Å². The normalized spacial score (nSPS) is 25.4. The van der Waals surface area contributed by atoms with Crippen LogP contribution in [0, 0.1) is 0 Å². The van der Waals surface area contributed by atoms with E-state index in [9.17, 15) is 4.79 Å². The summed E-state index contributed by atoms with van der Waals surface area (Å²) in [6, 6.07) is 4.32. The molecule has 2 rings (SSSR count). The number of hydrogen-bond acceptors (Lipinski definition) is 4. The molecule has 112 valence electrons. The highest BCUT2D eigenvalue weighted by Gasteiger charge is 2.25. The van der Waals surface area contributed by atoms with Gasteiger partial charge >= 0.3 is 0 Å². The smallest absolute Gasteiger partial charge is 0.225 e. The van der Waals surface area contributed by atoms with Crippen LogP contribution in [0.5, 0.6) is 0 Å². The third kappa shape index (κ3) is 4.58. The van der Waals surface area contributed by atoms with Crippen molar-refractivity contribution in [3.63, 3.8) is 0 Å². The zero-order valence-electron chi connectivity index (χ0n) is 12.5. The van der Waals surface area contributed by atoms with E-state index in [4.69, 9.17) is 4.74 Å². The SMILES string of the molecule is CC1CN(C(C)CNC(=O)Cc2cccs2)CC(C)O1. The van der Waals surface area contributed by atoms with Crippen molar-refractivity contribution < 1.29 is 9.53 Å². The van der Waals surface area contributed by atoms with Crippen LogP contribution in [0.1, 0.15) is 25.6 Å². The summed E-state index contributed by atoms with van der Waals surface area (Å²) >= 11 is 1.63. The van der Waals surface area contributed by atoms with Gasteiger partial charge < -0.3 is 10.1 Å². The number of thiophene rings is 1. The van der Waals surface area contributed by atoms with E-state index in [-0.39, 0.29) is 18.1 Å². The van der Waals surface area contributed by atoms with Crippen molar-refractivity contribution in [2.45, 2.75) is 45.4 Å². The van der Waals surface area contributed by atoms with Gasteiger partial charge in [0.1, 0.15) is 0 Å². The number of nitrogens with zero attached hydrogens (tertiary/aromatic N) is 1. The number of amides is 1. The molecule has 2 heterocycles. The van der Waals surface area contributed by atoms with Crippen LogP contribution >= 0.6 is 11.3 Å². The summed E-state index contributed by atoms with van der Waals surface area (Å²) in [5.74, 6) is 0.105. The number of carbonyl (C=O) groups is 1. The lowest BCUT2D eigenvalue weighted by Gasteiger charge is -2.39. The Kier molecular flexibility index (Phi) is 5.57. The van der Waals surface area contributed by atoms with Gasteiger partial charge in [0.05, 0.1) is 18.6 Å². The maximum Gasteiger partial charge on any atom is 0.225 e. The second kappa shape index (κ2) is 7.20. The van der Waals surface area contributed by atoms with E-state index in [1.807, 2.05) is 17.5 Å². The fraction of sp³-hybridized carbons (Fsp3) is 0.667. The molecule has 1 aliphatic rings. The summed E-state index contributed by atoms with van der Waals surface area (Å²) in [4.78, 5) is 15.4. The molecule has 1 aromatic heterocycles. The molecule has 1 N–H and O–H groups in total. The average molecular weight is 296 g/mol. The molecule has 4 nitrogen and oxygen atoms in total. The Bertz CT molecular complexity index is 412. The number of hydrogen-bond donors (Lipinski definition) is 1. The van der Waals surface area contributed by atoms with Crippen LogP contribution in [0.3, 0.4) is 0 Å². The molecule has 0 aromatic carbocycles. The highest BCUT2D eigenvalue weighted by Crippen LogP contribution is 2.13. The fourth-order valence-corrected chi connectivity index (χ4v) is 3.31. The maximum absolute atomic E-state index is 11.9. The lowest BCUT2D eigenvalue weighted by molar-refractivity contribution is -0.121. The lowest BCUT2D eigenvalue weighted by Crippen LogP contribution is -2.52. The second-order valence-corrected chi connectivity index (χ2v) is 6.65. The maximum atomic E-state index is 11.9. The first kappa shape index (κ1) is 15.5. The second-order valence-electron chi connectivity index (χ2n) is 5.62. The van der Waals surface area contributed by atoms with E-state index in [2.05, 4.69) is 31.0 Å². The predicted octanol–water partition coefficient (Wildman–Crippen LogP) is 1.90. The molecule has 1 aromatic rings. The molecule has 1 fully saturated rings. The van der Waals surface area contributed by atoms with E-state index in [0.29, 0.717) is 19.0 Å². The van der Waals surface area contributed by atoms with E-state index >= 15 is 0 Å². The molecule has 3 atom stereocenters. The molecule has 0 aliphatic carbocycles. The number of nitrogens with one attached hydrogen (secondary N) is 1. The van der Waals surface area contributed by atoms with Crippen molar-refractivity contribution in [2.24, 2.45) is 0 Å². The molecule has 3 unspecified atom stereocenters. The van der Waals surface area contributed by atoms with Crippen molar-refractivity contribution in [2.75, 3.05) is 19.6 Å². The zero-order valence-corrected chi connectivity index (χ0v) is 13.3. The average Bonchev–Trinajstić information content (AvgIpc) is 2.87. The van der Waals surface area contributed by atoms with Crippen molar-refractivity contribution in [1.82, 2.24) is 10.2 Å². The Hall–Kier alpha value is -0.910. The molecular weight excluding hydrogens is 272 g/mol. The Morgan fingerprint density at radius 2 is 2.20 bits per heavy atom. The van der Waals surface area contributed by atoms with Crippen LogP contribution < -0.4 is 5.32 Å². The van der Waals surface area contributed by atoms with Gasteiger partial charge in [-0.2, -0.15) is 0 Å². The van der Waals surface area contributed by atoms with E-state index in [1.165, 1.54) is 0 Å². The summed E-state index contributed by atoms with van der Waals surface area (Å²) in [7, 11) is 0. The number of rotatable bonds is 5. The van der Waals surface area contributed by atoms with Crippen molar-refractivity contribution in [3.05, 3.63) is 22.4 Å². The van der Waals surface area contributed by atoms with Gasteiger partial charge in [-0.05, 0) is 32.2 Å². The minimum Gasteiger partial charge on any atom is -0.373 e. The largest absolute Gasteiger partial charge is 0.373 e. The van der Waals surface area contributed by atoms with Gasteiger partial charge in [0, 0.05) is 30.6 Å². The standard InChI is InChI=1S/C15H24N2O2S/c1-11(17-9-12(2)19-13(3)10-17)8-16-15(18)7-14-5-4-6-20-14/h4-6,11-13H,7-10H2,1-3H3,(H,16,18). The minimum absolute atomic E-state index is 0.105. The quantitative estimate of drug-likeness (QED) is 0.902. The van der Waals surface area contributed by atoms with Crippen LogP contribution in [0.25, 0.3) is 0 Å². The molecule has 1 amide bonds. The van der Waals surface area contributed by atoms with Crippen LogP contribution in [-0.4, -0.2) is 48.7 Å². The molecule has 5 heteroatoms. The van der Waals surface area contributed by atoms with E-state index < -0.39 is 0 Å². The molecule has 0 radical (unpaired) electrons. The number of carbonyl (C=O) groups excluding carboxylic acids is 1. The van der Waals surface area contributed by atoms with Gasteiger partial charge in [0.15, 0.2) is 0 Å². The van der Waals surface area contributed by atoms with Gasteiger partial charge in [0.25, 0.3) is 0 Å². The van der Waals surface area contributed by atoms with Gasteiger partial charge in [-0.1, -0.05) is 6.07 Å². The molecule has 0 saturated carbocycles. The van der Waals surface area contributed by atoms with Gasteiger partial charge in [-0.25, -0.2) is 0 Å². The molecule has 1 aliphatic heterocycles. The lowest BCUT2D eigenvalue weighted by atomic mass is 10.1. The van der Waals surface area contributed by atoms with Crippen LogP contribution in [0.4, 0.5) is 0 Å². The highest BCUT2D eigenvalue weighted by atomic mass is 32.1. The monoisotopic (exact) mass is 296 g/mol. The van der Waals surface area contributed by atoms with Gasteiger partial charge in [-0.3, -0.25) is 9.69 Å². The van der Waals surface area contributed by atoms with Crippen LogP contribution in [0.15, 0.2) is 17.5 Å². The van der Waals surface area contributed by atoms with Crippen molar-refractivity contribution >= 4 is 17.2 Å². The van der Waals surface area contributed by atoms with Crippen LogP contribution in [0.2, 0.25) is 0 Å². The Morgan fingerprint density at radius 1 is 1.50 bits per heavy atom.